The average molecular weight is 703 g/mol. The van der Waals surface area contributed by atoms with Crippen LogP contribution in [0.5, 0.6) is 0 Å². The molecule has 50 heavy (non-hydrogen) atoms. The zero-order chi connectivity index (χ0) is 35.8. The Morgan fingerprint density at radius 1 is 0.960 bits per heavy atom. The van der Waals surface area contributed by atoms with Crippen LogP contribution in [0.4, 0.5) is 10.5 Å². The predicted molar refractivity (Wildman–Crippen MR) is 199 cm³/mol. The Morgan fingerprint density at radius 3 is 2.30 bits per heavy atom. The summed E-state index contributed by atoms with van der Waals surface area (Å²) in [5.41, 5.74) is 3.87. The van der Waals surface area contributed by atoms with E-state index in [1.165, 1.54) is 7.11 Å². The van der Waals surface area contributed by atoms with Gasteiger partial charge in [0.2, 0.25) is 5.91 Å². The van der Waals surface area contributed by atoms with E-state index in [1.807, 2.05) is 55.3 Å². The molecular weight excluding hydrogens is 649 g/mol. The first-order chi connectivity index (χ1) is 23.9. The smallest absolute Gasteiger partial charge is 0.407 e. The van der Waals surface area contributed by atoms with Gasteiger partial charge < -0.3 is 29.2 Å². The van der Waals surface area contributed by atoms with Crippen LogP contribution in [0.15, 0.2) is 60.8 Å². The largest absolute Gasteiger partial charge is 0.453 e. The van der Waals surface area contributed by atoms with E-state index < -0.39 is 20.2 Å². The molecule has 0 unspecified atom stereocenters. The van der Waals surface area contributed by atoms with Crippen LogP contribution < -0.4 is 10.2 Å². The first kappa shape index (κ1) is 37.3. The van der Waals surface area contributed by atoms with Crippen molar-refractivity contribution < 1.29 is 23.9 Å². The fourth-order valence-electron chi connectivity index (χ4n) is 6.66. The molecule has 2 aromatic carbocycles. The van der Waals surface area contributed by atoms with Gasteiger partial charge in [-0.2, -0.15) is 0 Å². The Hall–Kier alpha value is -4.00. The van der Waals surface area contributed by atoms with E-state index in [1.54, 1.807) is 0 Å². The lowest BCUT2D eigenvalue weighted by Gasteiger charge is -2.35. The molecule has 3 aromatic rings. The fourth-order valence-corrected chi connectivity index (χ4v) is 7.42. The Labute approximate surface area is 297 Å². The van der Waals surface area contributed by atoms with E-state index in [0.29, 0.717) is 26.4 Å². The lowest BCUT2D eigenvalue weighted by molar-refractivity contribution is -0.135. The van der Waals surface area contributed by atoms with Gasteiger partial charge in [0.1, 0.15) is 18.6 Å². The number of methoxy groups -OCH3 is 1. The fraction of sp³-hybridized carbons (Fsp3) is 0.526. The molecule has 1 N–H and O–H groups in total. The number of anilines is 1. The molecule has 0 saturated carbocycles. The molecule has 11 nitrogen and oxygen atoms in total. The summed E-state index contributed by atoms with van der Waals surface area (Å²) in [6, 6.07) is 18.2. The summed E-state index contributed by atoms with van der Waals surface area (Å²) in [4.78, 5) is 50.1. The number of hydrogen-bond acceptors (Lipinski definition) is 8. The molecule has 2 amide bonds. The van der Waals surface area contributed by atoms with Gasteiger partial charge in [-0.05, 0) is 42.5 Å². The number of piperazine rings is 1. The number of likely N-dealkylation sites (tertiary alicyclic amines) is 1. The molecule has 3 heterocycles. The highest BCUT2D eigenvalue weighted by atomic mass is 28.3. The van der Waals surface area contributed by atoms with E-state index in [-0.39, 0.29) is 23.7 Å². The number of hydrogen-bond donors (Lipinski definition) is 1. The molecule has 2 aliphatic rings. The van der Waals surface area contributed by atoms with Crippen molar-refractivity contribution >= 4 is 31.5 Å². The predicted octanol–water partition coefficient (Wildman–Crippen LogP) is 5.91. The van der Waals surface area contributed by atoms with Gasteiger partial charge in [-0.3, -0.25) is 14.5 Å². The summed E-state index contributed by atoms with van der Waals surface area (Å²) in [7, 11) is 0.0207. The Balaban J connectivity index is 1.31. The second-order valence-electron chi connectivity index (χ2n) is 14.9. The first-order valence-electron chi connectivity index (χ1n) is 17.9. The van der Waals surface area contributed by atoms with Crippen molar-refractivity contribution in [2.24, 2.45) is 5.92 Å². The van der Waals surface area contributed by atoms with Crippen LogP contribution in [-0.4, -0.2) is 104 Å². The van der Waals surface area contributed by atoms with Gasteiger partial charge in [0.25, 0.3) is 0 Å². The molecule has 0 aliphatic carbocycles. The molecule has 2 aliphatic heterocycles. The van der Waals surface area contributed by atoms with Crippen LogP contribution in [0, 0.1) is 5.92 Å². The van der Waals surface area contributed by atoms with Crippen LogP contribution >= 0.6 is 0 Å². The lowest BCUT2D eigenvalue weighted by atomic mass is 10.0. The minimum atomic E-state index is -1.29. The lowest BCUT2D eigenvalue weighted by Crippen LogP contribution is -2.51. The molecule has 12 heteroatoms. The van der Waals surface area contributed by atoms with Crippen LogP contribution in [-0.2, 0) is 21.0 Å². The van der Waals surface area contributed by atoms with Gasteiger partial charge in [0.15, 0.2) is 5.78 Å². The minimum absolute atomic E-state index is 0.110. The quantitative estimate of drug-likeness (QED) is 0.126. The molecular formula is C38H54N6O5Si. The number of carbonyl (C=O) groups is 3. The van der Waals surface area contributed by atoms with Crippen molar-refractivity contribution in [2.45, 2.75) is 71.2 Å². The minimum Gasteiger partial charge on any atom is -0.453 e. The third-order valence-corrected chi connectivity index (χ3v) is 11.4. The highest BCUT2D eigenvalue weighted by molar-refractivity contribution is 6.76. The molecule has 2 atom stereocenters. The maximum absolute atomic E-state index is 13.9. The highest BCUT2D eigenvalue weighted by Crippen LogP contribution is 2.35. The Morgan fingerprint density at radius 2 is 1.66 bits per heavy atom. The average Bonchev–Trinajstić information content (AvgIpc) is 3.76. The number of benzene rings is 2. The van der Waals surface area contributed by atoms with Crippen LogP contribution in [0.2, 0.25) is 25.7 Å². The maximum Gasteiger partial charge on any atom is 0.407 e. The second-order valence-corrected chi connectivity index (χ2v) is 20.5. The normalized spacial score (nSPS) is 17.6. The standard InChI is InChI=1S/C38H54N6O5Si/c1-28(2)35(40-38(47)48-3)37(46)43-18-10-13-32(43)36-39-25-33(44(36)27-49-23-24-50(4,5)6)29-14-16-31(17-15-29)42-21-19-41(20-22-42)26-34(45)30-11-8-7-9-12-30/h7-9,11-12,14-17,25,28,32,35H,10,13,18-24,26-27H2,1-6H3,(H,40,47)/t32-,35-/m0/s1. The van der Waals surface area contributed by atoms with Gasteiger partial charge in [-0.25, -0.2) is 9.78 Å². The van der Waals surface area contributed by atoms with Gasteiger partial charge in [-0.1, -0.05) is 76.0 Å². The number of imidazole rings is 1. The zero-order valence-corrected chi connectivity index (χ0v) is 31.6. The van der Waals surface area contributed by atoms with E-state index in [9.17, 15) is 14.4 Å². The summed E-state index contributed by atoms with van der Waals surface area (Å²) in [6.07, 6.45) is 2.90. The number of nitrogens with one attached hydrogen (secondary N) is 1. The van der Waals surface area contributed by atoms with Crippen molar-refractivity contribution in [1.82, 2.24) is 24.7 Å². The first-order valence-corrected chi connectivity index (χ1v) is 21.6. The molecule has 5 rings (SSSR count). The van der Waals surface area contributed by atoms with Crippen LogP contribution in [0.3, 0.4) is 0 Å². The zero-order valence-electron chi connectivity index (χ0n) is 30.6. The molecule has 0 spiro atoms. The molecule has 0 radical (unpaired) electrons. The summed E-state index contributed by atoms with van der Waals surface area (Å²) in [5, 5.41) is 2.74. The third-order valence-electron chi connectivity index (χ3n) is 9.69. The number of amides is 2. The van der Waals surface area contributed by atoms with Crippen molar-refractivity contribution in [3.63, 3.8) is 0 Å². The van der Waals surface area contributed by atoms with E-state index in [2.05, 4.69) is 63.6 Å². The monoisotopic (exact) mass is 702 g/mol. The van der Waals surface area contributed by atoms with Crippen LogP contribution in [0.25, 0.3) is 11.3 Å². The number of alkyl carbamates (subject to hydrolysis) is 1. The number of rotatable bonds is 14. The number of nitrogens with zero attached hydrogens (tertiary/aromatic N) is 5. The summed E-state index contributed by atoms with van der Waals surface area (Å²) < 4.78 is 13.2. The summed E-state index contributed by atoms with van der Waals surface area (Å²) in [6.45, 7) is 16.3. The van der Waals surface area contributed by atoms with E-state index in [0.717, 1.165) is 73.4 Å². The van der Waals surface area contributed by atoms with Crippen molar-refractivity contribution in [1.29, 1.82) is 0 Å². The van der Waals surface area contributed by atoms with Crippen molar-refractivity contribution in [3.05, 3.63) is 72.2 Å². The maximum atomic E-state index is 13.9. The van der Waals surface area contributed by atoms with Gasteiger partial charge in [0.05, 0.1) is 31.6 Å². The molecule has 0 bridgehead atoms. The Kier molecular flexibility index (Phi) is 12.5. The molecule has 2 fully saturated rings. The second kappa shape index (κ2) is 16.8. The van der Waals surface area contributed by atoms with Gasteiger partial charge in [-0.15, -0.1) is 0 Å². The topological polar surface area (TPSA) is 109 Å². The molecule has 1 aromatic heterocycles. The number of carbonyl (C=O) groups excluding carboxylic acids is 3. The van der Waals surface area contributed by atoms with Gasteiger partial charge in [0, 0.05) is 58.7 Å². The molecule has 2 saturated heterocycles. The number of Topliss-reactive ketones (excluding diaryl/α,β-unsaturated/α-hetero) is 1. The van der Waals surface area contributed by atoms with E-state index in [4.69, 9.17) is 14.5 Å². The van der Waals surface area contributed by atoms with Gasteiger partial charge >= 0.3 is 6.09 Å². The Bertz CT molecular complexity index is 1580. The highest BCUT2D eigenvalue weighted by Gasteiger charge is 2.38. The number of ether oxygens (including phenoxy) is 2. The van der Waals surface area contributed by atoms with Crippen molar-refractivity contribution in [3.8, 4) is 11.3 Å². The van der Waals surface area contributed by atoms with Crippen LogP contribution in [0.1, 0.15) is 48.9 Å². The van der Waals surface area contributed by atoms with Crippen molar-refractivity contribution in [2.75, 3.05) is 57.9 Å². The number of aromatic nitrogens is 2. The summed E-state index contributed by atoms with van der Waals surface area (Å²) >= 11 is 0. The third kappa shape index (κ3) is 9.41. The van der Waals surface area contributed by atoms with E-state index >= 15 is 0 Å². The summed E-state index contributed by atoms with van der Waals surface area (Å²) in [5.74, 6) is 0.718. The number of ketones is 1. The SMILES string of the molecule is COC(=O)N[C@H](C(=O)N1CCC[C@H]1c1ncc(-c2ccc(N3CCN(CC(=O)c4ccccc4)CC3)cc2)n1COCC[Si](C)(C)C)C(C)C. The molecule has 270 valence electrons.